The maximum absolute atomic E-state index is 12.7. The number of hydrogen-bond donors (Lipinski definition) is 0. The first kappa shape index (κ1) is 19.1. The molecule has 0 radical (unpaired) electrons. The van der Waals surface area contributed by atoms with Gasteiger partial charge in [0.2, 0.25) is 5.91 Å². The van der Waals surface area contributed by atoms with Gasteiger partial charge < -0.3 is 19.3 Å². The van der Waals surface area contributed by atoms with Crippen molar-refractivity contribution in [1.82, 2.24) is 4.90 Å². The van der Waals surface area contributed by atoms with Crippen molar-refractivity contribution in [2.24, 2.45) is 0 Å². The predicted molar refractivity (Wildman–Crippen MR) is 108 cm³/mol. The molecule has 0 bridgehead atoms. The van der Waals surface area contributed by atoms with Gasteiger partial charge in [-0.25, -0.2) is 0 Å². The fourth-order valence-electron chi connectivity index (χ4n) is 3.55. The number of carbonyl (C=O) groups is 1. The van der Waals surface area contributed by atoms with Crippen molar-refractivity contribution in [3.63, 3.8) is 0 Å². The van der Waals surface area contributed by atoms with Crippen LogP contribution in [-0.4, -0.2) is 51.2 Å². The molecule has 0 saturated carbocycles. The van der Waals surface area contributed by atoms with Crippen LogP contribution in [0.1, 0.15) is 16.7 Å². The van der Waals surface area contributed by atoms with E-state index in [0.717, 1.165) is 31.7 Å². The second-order valence-electron chi connectivity index (χ2n) is 6.95. The molecule has 2 aromatic rings. The van der Waals surface area contributed by atoms with E-state index in [2.05, 4.69) is 36.9 Å². The minimum Gasteiger partial charge on any atom is -0.493 e. The van der Waals surface area contributed by atoms with E-state index in [1.54, 1.807) is 14.2 Å². The van der Waals surface area contributed by atoms with Crippen LogP contribution >= 0.6 is 0 Å². The first-order valence-corrected chi connectivity index (χ1v) is 9.33. The Morgan fingerprint density at radius 2 is 1.67 bits per heavy atom. The molecule has 1 aliphatic heterocycles. The number of anilines is 1. The predicted octanol–water partition coefficient (Wildman–Crippen LogP) is 3.21. The molecule has 0 atom stereocenters. The van der Waals surface area contributed by atoms with Crippen molar-refractivity contribution < 1.29 is 14.3 Å². The van der Waals surface area contributed by atoms with E-state index < -0.39 is 0 Å². The molecule has 0 N–H and O–H groups in total. The number of carbonyl (C=O) groups excluding carboxylic acids is 1. The Labute approximate surface area is 161 Å². The normalized spacial score (nSPS) is 14.2. The molecule has 1 heterocycles. The Morgan fingerprint density at radius 1 is 0.963 bits per heavy atom. The standard InChI is InChI=1S/C22H28N2O3/c1-16-6-5-7-19(17(16)2)23-10-12-24(13-11-23)22(25)15-18-8-9-20(26-3)21(14-18)27-4/h5-9,14H,10-13,15H2,1-4H3. The minimum atomic E-state index is 0.155. The number of benzene rings is 2. The van der Waals surface area contributed by atoms with Crippen LogP contribution < -0.4 is 14.4 Å². The number of amides is 1. The van der Waals surface area contributed by atoms with Crippen LogP contribution in [0, 0.1) is 13.8 Å². The van der Waals surface area contributed by atoms with Gasteiger partial charge in [0.1, 0.15) is 0 Å². The third kappa shape index (κ3) is 4.18. The highest BCUT2D eigenvalue weighted by Crippen LogP contribution is 2.28. The summed E-state index contributed by atoms with van der Waals surface area (Å²) in [6, 6.07) is 12.1. The lowest BCUT2D eigenvalue weighted by molar-refractivity contribution is -0.130. The molecule has 1 saturated heterocycles. The Bertz CT molecular complexity index is 811. The molecule has 144 valence electrons. The van der Waals surface area contributed by atoms with Crippen LogP contribution in [0.5, 0.6) is 11.5 Å². The maximum atomic E-state index is 12.7. The van der Waals surface area contributed by atoms with Crippen molar-refractivity contribution in [1.29, 1.82) is 0 Å². The molecule has 1 fully saturated rings. The zero-order valence-corrected chi connectivity index (χ0v) is 16.6. The fraction of sp³-hybridized carbons (Fsp3) is 0.409. The first-order chi connectivity index (χ1) is 13.0. The summed E-state index contributed by atoms with van der Waals surface area (Å²) in [4.78, 5) is 17.1. The summed E-state index contributed by atoms with van der Waals surface area (Å²) in [5.74, 6) is 1.49. The number of rotatable bonds is 5. The molecule has 27 heavy (non-hydrogen) atoms. The third-order valence-electron chi connectivity index (χ3n) is 5.35. The smallest absolute Gasteiger partial charge is 0.227 e. The fourth-order valence-corrected chi connectivity index (χ4v) is 3.55. The van der Waals surface area contributed by atoms with Crippen molar-refractivity contribution in [2.45, 2.75) is 20.3 Å². The third-order valence-corrected chi connectivity index (χ3v) is 5.35. The monoisotopic (exact) mass is 368 g/mol. The molecule has 1 amide bonds. The second kappa shape index (κ2) is 8.33. The van der Waals surface area contributed by atoms with Gasteiger partial charge in [-0.05, 0) is 48.7 Å². The van der Waals surface area contributed by atoms with Crippen LogP contribution in [0.3, 0.4) is 0 Å². The van der Waals surface area contributed by atoms with E-state index in [4.69, 9.17) is 9.47 Å². The topological polar surface area (TPSA) is 42.0 Å². The van der Waals surface area contributed by atoms with Crippen LogP contribution in [0.4, 0.5) is 5.69 Å². The van der Waals surface area contributed by atoms with Gasteiger partial charge in [-0.15, -0.1) is 0 Å². The van der Waals surface area contributed by atoms with E-state index in [1.165, 1.54) is 16.8 Å². The molecule has 0 spiro atoms. The van der Waals surface area contributed by atoms with Gasteiger partial charge in [0.15, 0.2) is 11.5 Å². The molecule has 2 aromatic carbocycles. The van der Waals surface area contributed by atoms with Crippen molar-refractivity contribution in [3.8, 4) is 11.5 Å². The van der Waals surface area contributed by atoms with Crippen molar-refractivity contribution in [3.05, 3.63) is 53.1 Å². The molecule has 3 rings (SSSR count). The highest BCUT2D eigenvalue weighted by molar-refractivity contribution is 5.79. The summed E-state index contributed by atoms with van der Waals surface area (Å²) in [6.07, 6.45) is 0.379. The number of methoxy groups -OCH3 is 2. The number of ether oxygens (including phenoxy) is 2. The van der Waals surface area contributed by atoms with Gasteiger partial charge in [-0.1, -0.05) is 18.2 Å². The number of nitrogens with zero attached hydrogens (tertiary/aromatic N) is 2. The molecule has 0 aliphatic carbocycles. The highest BCUT2D eigenvalue weighted by atomic mass is 16.5. The molecule has 5 heteroatoms. The number of hydrogen-bond acceptors (Lipinski definition) is 4. The Balaban J connectivity index is 1.61. The Hall–Kier alpha value is -2.69. The van der Waals surface area contributed by atoms with Gasteiger partial charge in [-0.2, -0.15) is 0 Å². The lowest BCUT2D eigenvalue weighted by Gasteiger charge is -2.37. The lowest BCUT2D eigenvalue weighted by atomic mass is 10.1. The van der Waals surface area contributed by atoms with E-state index in [0.29, 0.717) is 17.9 Å². The molecule has 0 unspecified atom stereocenters. The number of aryl methyl sites for hydroxylation is 1. The average molecular weight is 368 g/mol. The quantitative estimate of drug-likeness (QED) is 0.813. The largest absolute Gasteiger partial charge is 0.493 e. The van der Waals surface area contributed by atoms with Crippen LogP contribution in [0.15, 0.2) is 36.4 Å². The first-order valence-electron chi connectivity index (χ1n) is 9.33. The SMILES string of the molecule is COc1ccc(CC(=O)N2CCN(c3cccc(C)c3C)CC2)cc1OC. The van der Waals surface area contributed by atoms with E-state index in [1.807, 2.05) is 23.1 Å². The van der Waals surface area contributed by atoms with Crippen molar-refractivity contribution >= 4 is 11.6 Å². The second-order valence-corrected chi connectivity index (χ2v) is 6.95. The zero-order valence-electron chi connectivity index (χ0n) is 16.6. The summed E-state index contributed by atoms with van der Waals surface area (Å²) < 4.78 is 10.6. The minimum absolute atomic E-state index is 0.155. The van der Waals surface area contributed by atoms with E-state index in [9.17, 15) is 4.79 Å². The van der Waals surface area contributed by atoms with Crippen LogP contribution in [0.2, 0.25) is 0 Å². The van der Waals surface area contributed by atoms with Crippen molar-refractivity contribution in [2.75, 3.05) is 45.3 Å². The molecule has 1 aliphatic rings. The average Bonchev–Trinajstić information content (AvgIpc) is 2.70. The maximum Gasteiger partial charge on any atom is 0.227 e. The summed E-state index contributed by atoms with van der Waals surface area (Å²) in [5, 5.41) is 0. The van der Waals surface area contributed by atoms with Gasteiger partial charge in [0.25, 0.3) is 0 Å². The Kier molecular flexibility index (Phi) is 5.89. The molecule has 5 nitrogen and oxygen atoms in total. The molecular weight excluding hydrogens is 340 g/mol. The summed E-state index contributed by atoms with van der Waals surface area (Å²) in [6.45, 7) is 7.53. The highest BCUT2D eigenvalue weighted by Gasteiger charge is 2.22. The summed E-state index contributed by atoms with van der Waals surface area (Å²) in [5.41, 5.74) is 4.85. The van der Waals surface area contributed by atoms with Crippen LogP contribution in [0.25, 0.3) is 0 Å². The van der Waals surface area contributed by atoms with E-state index in [-0.39, 0.29) is 5.91 Å². The summed E-state index contributed by atoms with van der Waals surface area (Å²) in [7, 11) is 3.22. The number of piperazine rings is 1. The van der Waals surface area contributed by atoms with E-state index >= 15 is 0 Å². The van der Waals surface area contributed by atoms with Gasteiger partial charge >= 0.3 is 0 Å². The lowest BCUT2D eigenvalue weighted by Crippen LogP contribution is -2.49. The molecular formula is C22H28N2O3. The van der Waals surface area contributed by atoms with Crippen LogP contribution in [-0.2, 0) is 11.2 Å². The Morgan fingerprint density at radius 3 is 2.33 bits per heavy atom. The zero-order chi connectivity index (χ0) is 19.4. The molecule has 0 aromatic heterocycles. The van der Waals surface area contributed by atoms with Gasteiger partial charge in [0, 0.05) is 31.9 Å². The van der Waals surface area contributed by atoms with Gasteiger partial charge in [-0.3, -0.25) is 4.79 Å². The summed E-state index contributed by atoms with van der Waals surface area (Å²) >= 11 is 0. The van der Waals surface area contributed by atoms with Gasteiger partial charge in [0.05, 0.1) is 20.6 Å².